The van der Waals surface area contributed by atoms with Gasteiger partial charge in [0.2, 0.25) is 5.91 Å². The third kappa shape index (κ3) is 1.88. The second-order valence-corrected chi connectivity index (χ2v) is 6.98. The van der Waals surface area contributed by atoms with E-state index in [0.717, 1.165) is 4.47 Å². The monoisotopic (exact) mass is 381 g/mol. The Morgan fingerprint density at radius 2 is 1.71 bits per heavy atom. The molecule has 1 N–H and O–H groups in total. The fraction of sp³-hybridized carbons (Fsp3) is 0.105. The van der Waals surface area contributed by atoms with Crippen LogP contribution in [0.5, 0.6) is 0 Å². The number of benzene rings is 2. The molecule has 2 aliphatic rings. The molecule has 1 heterocycles. The Kier molecular flexibility index (Phi) is 3.12. The van der Waals surface area contributed by atoms with E-state index < -0.39 is 5.41 Å². The quantitative estimate of drug-likeness (QED) is 0.819. The molecule has 0 spiro atoms. The van der Waals surface area contributed by atoms with E-state index >= 15 is 0 Å². The van der Waals surface area contributed by atoms with Crippen molar-refractivity contribution in [3.05, 3.63) is 75.3 Å². The average molecular weight is 382 g/mol. The lowest BCUT2D eigenvalue weighted by molar-refractivity contribution is -0.119. The Hall–Kier alpha value is -2.53. The molecule has 24 heavy (non-hydrogen) atoms. The maximum Gasteiger partial charge on any atom is 0.239 e. The van der Waals surface area contributed by atoms with Crippen molar-refractivity contribution >= 4 is 39.1 Å². The average Bonchev–Trinajstić information content (AvgIpc) is 2.82. The summed E-state index contributed by atoms with van der Waals surface area (Å²) in [5, 5.41) is 2.81. The van der Waals surface area contributed by atoms with Gasteiger partial charge in [0.15, 0.2) is 11.6 Å². The molecule has 0 saturated heterocycles. The number of carbonyl (C=O) groups is 3. The van der Waals surface area contributed by atoms with E-state index in [1.165, 1.54) is 6.08 Å². The zero-order chi connectivity index (χ0) is 17.1. The molecule has 0 saturated carbocycles. The largest absolute Gasteiger partial charge is 0.325 e. The maximum absolute atomic E-state index is 13.0. The van der Waals surface area contributed by atoms with Gasteiger partial charge in [0.05, 0.1) is 0 Å². The first-order chi connectivity index (χ1) is 11.4. The number of allylic oxidation sites excluding steroid dienone is 1. The molecule has 1 aliphatic carbocycles. The van der Waals surface area contributed by atoms with E-state index in [0.29, 0.717) is 22.4 Å². The lowest BCUT2D eigenvalue weighted by Gasteiger charge is -2.27. The third-order valence-electron chi connectivity index (χ3n) is 4.72. The highest BCUT2D eigenvalue weighted by molar-refractivity contribution is 9.10. The SMILES string of the molecule is CC1(C2=CC(=O)c3ccccc3C2=O)C(=O)Nc2cc(Br)ccc21. The van der Waals surface area contributed by atoms with Crippen molar-refractivity contribution in [2.45, 2.75) is 12.3 Å². The Labute approximate surface area is 146 Å². The molecule has 1 amide bonds. The highest BCUT2D eigenvalue weighted by Crippen LogP contribution is 2.45. The van der Waals surface area contributed by atoms with Gasteiger partial charge in [-0.2, -0.15) is 0 Å². The van der Waals surface area contributed by atoms with Crippen molar-refractivity contribution in [2.24, 2.45) is 0 Å². The maximum atomic E-state index is 13.0. The number of carbonyl (C=O) groups excluding carboxylic acids is 3. The number of nitrogens with one attached hydrogen (secondary N) is 1. The predicted octanol–water partition coefficient (Wildman–Crippen LogP) is 3.66. The second kappa shape index (κ2) is 4.98. The molecule has 0 fully saturated rings. The van der Waals surface area contributed by atoms with Crippen molar-refractivity contribution in [3.63, 3.8) is 0 Å². The first-order valence-electron chi connectivity index (χ1n) is 7.44. The molecule has 1 unspecified atom stereocenters. The van der Waals surface area contributed by atoms with E-state index in [2.05, 4.69) is 21.2 Å². The second-order valence-electron chi connectivity index (χ2n) is 6.07. The van der Waals surface area contributed by atoms with Gasteiger partial charge in [-0.05, 0) is 30.7 Å². The molecule has 118 valence electrons. The number of ketones is 2. The van der Waals surface area contributed by atoms with Crippen LogP contribution in [0.2, 0.25) is 0 Å². The zero-order valence-electron chi connectivity index (χ0n) is 12.7. The molecule has 2 aromatic rings. The summed E-state index contributed by atoms with van der Waals surface area (Å²) < 4.78 is 0.830. The molecule has 0 aromatic heterocycles. The number of rotatable bonds is 1. The first-order valence-corrected chi connectivity index (χ1v) is 8.24. The molecular formula is C19H12BrNO3. The van der Waals surface area contributed by atoms with Crippen LogP contribution in [0.25, 0.3) is 0 Å². The Morgan fingerprint density at radius 1 is 1.00 bits per heavy atom. The fourth-order valence-electron chi connectivity index (χ4n) is 3.38. The number of fused-ring (bicyclic) bond motifs is 2. The summed E-state index contributed by atoms with van der Waals surface area (Å²) in [5.74, 6) is -0.833. The summed E-state index contributed by atoms with van der Waals surface area (Å²) in [4.78, 5) is 38.1. The van der Waals surface area contributed by atoms with Crippen LogP contribution in [-0.4, -0.2) is 17.5 Å². The number of hydrogen-bond acceptors (Lipinski definition) is 3. The molecule has 1 atom stereocenters. The van der Waals surface area contributed by atoms with Gasteiger partial charge < -0.3 is 5.32 Å². The van der Waals surface area contributed by atoms with Gasteiger partial charge in [0.25, 0.3) is 0 Å². The lowest BCUT2D eigenvalue weighted by Crippen LogP contribution is -2.38. The van der Waals surface area contributed by atoms with Crippen LogP contribution in [0.1, 0.15) is 33.2 Å². The minimum absolute atomic E-state index is 0.213. The molecule has 0 bridgehead atoms. The van der Waals surface area contributed by atoms with Gasteiger partial charge in [-0.1, -0.05) is 46.3 Å². The van der Waals surface area contributed by atoms with E-state index in [9.17, 15) is 14.4 Å². The first kappa shape index (κ1) is 15.0. The molecule has 0 radical (unpaired) electrons. The summed E-state index contributed by atoms with van der Waals surface area (Å²) in [5.41, 5.74) is 1.10. The van der Waals surface area contributed by atoms with Crippen molar-refractivity contribution < 1.29 is 14.4 Å². The molecule has 1 aliphatic heterocycles. The van der Waals surface area contributed by atoms with Crippen molar-refractivity contribution in [1.82, 2.24) is 0 Å². The van der Waals surface area contributed by atoms with E-state index in [1.807, 2.05) is 6.07 Å². The van der Waals surface area contributed by atoms with Crippen LogP contribution < -0.4 is 5.32 Å². The Balaban J connectivity index is 1.93. The summed E-state index contributed by atoms with van der Waals surface area (Å²) in [6.07, 6.45) is 1.31. The zero-order valence-corrected chi connectivity index (χ0v) is 14.3. The Morgan fingerprint density at radius 3 is 2.46 bits per heavy atom. The van der Waals surface area contributed by atoms with Crippen molar-refractivity contribution in [2.75, 3.05) is 5.32 Å². The van der Waals surface area contributed by atoms with E-state index in [1.54, 1.807) is 43.3 Å². The van der Waals surface area contributed by atoms with Crippen LogP contribution >= 0.6 is 15.9 Å². The summed E-state index contributed by atoms with van der Waals surface area (Å²) in [6, 6.07) is 12.1. The minimum atomic E-state index is -1.18. The summed E-state index contributed by atoms with van der Waals surface area (Å²) in [7, 11) is 0. The van der Waals surface area contributed by atoms with Crippen LogP contribution in [0.4, 0.5) is 5.69 Å². The number of amides is 1. The van der Waals surface area contributed by atoms with Gasteiger partial charge in [0.1, 0.15) is 5.41 Å². The molecule has 5 heteroatoms. The molecule has 4 rings (SSSR count). The third-order valence-corrected chi connectivity index (χ3v) is 5.21. The van der Waals surface area contributed by atoms with Crippen molar-refractivity contribution in [3.8, 4) is 0 Å². The number of hydrogen-bond donors (Lipinski definition) is 1. The standard InChI is InChI=1S/C19H12BrNO3/c1-19(13-7-6-10(20)8-15(13)21-18(19)24)14-9-16(22)11-4-2-3-5-12(11)17(14)23/h2-9H,1H3,(H,21,24). The lowest BCUT2D eigenvalue weighted by atomic mass is 9.71. The number of halogens is 1. The van der Waals surface area contributed by atoms with Crippen LogP contribution in [-0.2, 0) is 10.2 Å². The Bertz CT molecular complexity index is 976. The van der Waals surface area contributed by atoms with Crippen LogP contribution in [0.3, 0.4) is 0 Å². The van der Waals surface area contributed by atoms with Gasteiger partial charge in [0, 0.05) is 26.9 Å². The van der Waals surface area contributed by atoms with Crippen LogP contribution in [0.15, 0.2) is 58.6 Å². The highest BCUT2D eigenvalue weighted by atomic mass is 79.9. The van der Waals surface area contributed by atoms with Gasteiger partial charge in [-0.3, -0.25) is 14.4 Å². The summed E-state index contributed by atoms with van der Waals surface area (Å²) in [6.45, 7) is 1.69. The number of anilines is 1. The van der Waals surface area contributed by atoms with E-state index in [4.69, 9.17) is 0 Å². The van der Waals surface area contributed by atoms with Gasteiger partial charge in [-0.25, -0.2) is 0 Å². The molecular weight excluding hydrogens is 370 g/mol. The van der Waals surface area contributed by atoms with Gasteiger partial charge >= 0.3 is 0 Å². The predicted molar refractivity (Wildman–Crippen MR) is 93.3 cm³/mol. The van der Waals surface area contributed by atoms with Gasteiger partial charge in [-0.15, -0.1) is 0 Å². The topological polar surface area (TPSA) is 63.2 Å². The smallest absolute Gasteiger partial charge is 0.239 e. The molecule has 4 nitrogen and oxygen atoms in total. The van der Waals surface area contributed by atoms with E-state index in [-0.39, 0.29) is 23.0 Å². The van der Waals surface area contributed by atoms with Crippen LogP contribution in [0, 0.1) is 0 Å². The fourth-order valence-corrected chi connectivity index (χ4v) is 3.74. The molecule has 2 aromatic carbocycles. The normalized spacial score (nSPS) is 21.9. The highest BCUT2D eigenvalue weighted by Gasteiger charge is 2.49. The number of Topliss-reactive ketones (excluding diaryl/α,β-unsaturated/α-hetero) is 1. The summed E-state index contributed by atoms with van der Waals surface area (Å²) >= 11 is 3.37. The minimum Gasteiger partial charge on any atom is -0.325 e. The van der Waals surface area contributed by atoms with Crippen molar-refractivity contribution in [1.29, 1.82) is 0 Å².